The summed E-state index contributed by atoms with van der Waals surface area (Å²) >= 11 is 0. The minimum Gasteiger partial charge on any atom is -0.340 e. The van der Waals surface area contributed by atoms with Crippen LogP contribution in [-0.4, -0.2) is 57.2 Å². The van der Waals surface area contributed by atoms with Gasteiger partial charge in [0, 0.05) is 48.7 Å². The molecule has 1 aromatic carbocycles. The molecule has 0 bridgehead atoms. The number of aryl methyl sites for hydroxylation is 1. The number of nitrogens with zero attached hydrogens (tertiary/aromatic N) is 5. The van der Waals surface area contributed by atoms with E-state index in [0.717, 1.165) is 66.3 Å². The van der Waals surface area contributed by atoms with Gasteiger partial charge in [-0.1, -0.05) is 12.6 Å². The molecule has 2 aliphatic heterocycles. The van der Waals surface area contributed by atoms with Gasteiger partial charge in [0.2, 0.25) is 11.9 Å². The van der Waals surface area contributed by atoms with E-state index >= 15 is 0 Å². The lowest BCUT2D eigenvalue weighted by atomic mass is 9.79. The van der Waals surface area contributed by atoms with Gasteiger partial charge in [0.1, 0.15) is 0 Å². The van der Waals surface area contributed by atoms with Crippen LogP contribution >= 0.6 is 0 Å². The van der Waals surface area contributed by atoms with Gasteiger partial charge >= 0.3 is 0 Å². The molecule has 0 saturated carbocycles. The number of likely N-dealkylation sites (tertiary alicyclic amines) is 1. The maximum atomic E-state index is 11.8. The highest BCUT2D eigenvalue weighted by atomic mass is 16.2. The first-order chi connectivity index (χ1) is 13.6. The molecule has 4 heterocycles. The van der Waals surface area contributed by atoms with Gasteiger partial charge in [-0.05, 0) is 37.1 Å². The molecular formula is C21H22N6O. The first kappa shape index (κ1) is 16.9. The van der Waals surface area contributed by atoms with E-state index in [0.29, 0.717) is 0 Å². The number of carbonyl (C=O) groups excluding carboxylic acids is 1. The molecule has 2 saturated heterocycles. The largest absolute Gasteiger partial charge is 0.340 e. The minimum absolute atomic E-state index is 0.0194. The number of hydrogen-bond acceptors (Lipinski definition) is 5. The van der Waals surface area contributed by atoms with E-state index in [4.69, 9.17) is 4.98 Å². The van der Waals surface area contributed by atoms with Crippen LogP contribution in [0.4, 0.5) is 5.95 Å². The first-order valence-electron chi connectivity index (χ1n) is 9.51. The molecule has 2 aliphatic rings. The van der Waals surface area contributed by atoms with Crippen LogP contribution in [0.2, 0.25) is 0 Å². The zero-order chi connectivity index (χ0) is 19.3. The Balaban J connectivity index is 1.42. The van der Waals surface area contributed by atoms with Crippen LogP contribution in [0.15, 0.2) is 43.2 Å². The summed E-state index contributed by atoms with van der Waals surface area (Å²) in [6.45, 7) is 9.05. The predicted molar refractivity (Wildman–Crippen MR) is 108 cm³/mol. The number of aromatic amines is 1. The molecule has 1 spiro atoms. The Morgan fingerprint density at radius 3 is 2.96 bits per heavy atom. The lowest BCUT2D eigenvalue weighted by Gasteiger charge is -2.47. The van der Waals surface area contributed by atoms with Crippen LogP contribution in [0, 0.1) is 12.3 Å². The molecule has 7 nitrogen and oxygen atoms in total. The standard InChI is InChI=1S/C21H22N6O/c1-3-18(28)27-12-21(13-27)7-9-26(11-21)20-22-8-6-17(24-20)19-14(2)4-5-16-15(19)10-23-25-16/h3-6,8,10H,1,7,9,11-13H2,2H3,(H,23,25). The van der Waals surface area contributed by atoms with Gasteiger partial charge in [0.05, 0.1) is 17.4 Å². The Morgan fingerprint density at radius 2 is 2.14 bits per heavy atom. The summed E-state index contributed by atoms with van der Waals surface area (Å²) in [5.74, 6) is 0.772. The Hall–Kier alpha value is -3.22. The lowest BCUT2D eigenvalue weighted by Crippen LogP contribution is -2.59. The summed E-state index contributed by atoms with van der Waals surface area (Å²) in [5.41, 5.74) is 4.33. The van der Waals surface area contributed by atoms with E-state index in [9.17, 15) is 4.79 Å². The predicted octanol–water partition coefficient (Wildman–Crippen LogP) is 2.55. The van der Waals surface area contributed by atoms with Crippen LogP contribution < -0.4 is 4.90 Å². The van der Waals surface area contributed by atoms with Crippen molar-refractivity contribution in [3.63, 3.8) is 0 Å². The van der Waals surface area contributed by atoms with Crippen molar-refractivity contribution < 1.29 is 4.79 Å². The van der Waals surface area contributed by atoms with Gasteiger partial charge in [-0.2, -0.15) is 5.10 Å². The molecule has 1 amide bonds. The average molecular weight is 374 g/mol. The van der Waals surface area contributed by atoms with Crippen LogP contribution in [0.3, 0.4) is 0 Å². The molecule has 0 aliphatic carbocycles. The summed E-state index contributed by atoms with van der Waals surface area (Å²) in [6, 6.07) is 6.08. The van der Waals surface area contributed by atoms with Crippen molar-refractivity contribution in [3.05, 3.63) is 48.8 Å². The van der Waals surface area contributed by atoms with E-state index in [-0.39, 0.29) is 11.3 Å². The molecule has 2 fully saturated rings. The fourth-order valence-corrected chi connectivity index (χ4v) is 4.52. The van der Waals surface area contributed by atoms with Crippen LogP contribution in [0.1, 0.15) is 12.0 Å². The zero-order valence-electron chi connectivity index (χ0n) is 15.9. The SMILES string of the molecule is C=CC(=O)N1CC2(CCN(c3nccc(-c4c(C)ccc5[nH]ncc45)n3)C2)C1. The second-order valence-electron chi connectivity index (χ2n) is 7.90. The maximum Gasteiger partial charge on any atom is 0.245 e. The van der Waals surface area contributed by atoms with Gasteiger partial charge in [-0.15, -0.1) is 0 Å². The van der Waals surface area contributed by atoms with Crippen molar-refractivity contribution in [2.24, 2.45) is 5.41 Å². The van der Waals surface area contributed by atoms with Crippen LogP contribution in [0.25, 0.3) is 22.2 Å². The number of aromatic nitrogens is 4. The summed E-state index contributed by atoms with van der Waals surface area (Å²) in [6.07, 6.45) is 6.13. The normalized spacial score (nSPS) is 17.9. The molecule has 28 heavy (non-hydrogen) atoms. The van der Waals surface area contributed by atoms with Crippen molar-refractivity contribution >= 4 is 22.8 Å². The molecule has 1 N–H and O–H groups in total. The number of amides is 1. The van der Waals surface area contributed by atoms with E-state index in [1.54, 1.807) is 0 Å². The van der Waals surface area contributed by atoms with Gasteiger partial charge in [-0.25, -0.2) is 9.97 Å². The fraction of sp³-hybridized carbons (Fsp3) is 0.333. The third-order valence-electron chi connectivity index (χ3n) is 5.99. The Bertz CT molecular complexity index is 1080. The van der Waals surface area contributed by atoms with Gasteiger partial charge < -0.3 is 9.80 Å². The minimum atomic E-state index is 0.0194. The molecular weight excluding hydrogens is 352 g/mol. The zero-order valence-corrected chi connectivity index (χ0v) is 15.9. The van der Waals surface area contributed by atoms with Crippen molar-refractivity contribution in [3.8, 4) is 11.3 Å². The molecule has 5 rings (SSSR count). The Labute approximate surface area is 163 Å². The summed E-state index contributed by atoms with van der Waals surface area (Å²) in [7, 11) is 0. The summed E-state index contributed by atoms with van der Waals surface area (Å²) in [4.78, 5) is 25.3. The fourth-order valence-electron chi connectivity index (χ4n) is 4.52. The number of fused-ring (bicyclic) bond motifs is 1. The third kappa shape index (κ3) is 2.58. The topological polar surface area (TPSA) is 78.0 Å². The van der Waals surface area contributed by atoms with Crippen molar-refractivity contribution in [2.45, 2.75) is 13.3 Å². The van der Waals surface area contributed by atoms with E-state index in [2.05, 4.69) is 39.7 Å². The second kappa shape index (κ2) is 6.15. The molecule has 142 valence electrons. The monoisotopic (exact) mass is 374 g/mol. The molecule has 0 atom stereocenters. The van der Waals surface area contributed by atoms with Gasteiger partial charge in [0.15, 0.2) is 0 Å². The quantitative estimate of drug-likeness (QED) is 0.713. The second-order valence-corrected chi connectivity index (χ2v) is 7.90. The number of carbonyl (C=O) groups is 1. The van der Waals surface area contributed by atoms with Crippen molar-refractivity contribution in [1.29, 1.82) is 0 Å². The molecule has 3 aromatic rings. The molecule has 7 heteroatoms. The Kier molecular flexibility index (Phi) is 3.72. The number of anilines is 1. The van der Waals surface area contributed by atoms with Crippen LogP contribution in [0.5, 0.6) is 0 Å². The summed E-state index contributed by atoms with van der Waals surface area (Å²) < 4.78 is 0. The number of benzene rings is 1. The highest BCUT2D eigenvalue weighted by molar-refractivity contribution is 5.95. The smallest absolute Gasteiger partial charge is 0.245 e. The molecule has 0 radical (unpaired) electrons. The highest BCUT2D eigenvalue weighted by Crippen LogP contribution is 2.41. The van der Waals surface area contributed by atoms with Crippen molar-refractivity contribution in [1.82, 2.24) is 25.1 Å². The average Bonchev–Trinajstić information content (AvgIpc) is 3.33. The van der Waals surface area contributed by atoms with Crippen LogP contribution in [-0.2, 0) is 4.79 Å². The summed E-state index contributed by atoms with van der Waals surface area (Å²) in [5, 5.41) is 8.27. The van der Waals surface area contributed by atoms with E-state index in [1.165, 1.54) is 6.08 Å². The van der Waals surface area contributed by atoms with Gasteiger partial charge in [0.25, 0.3) is 0 Å². The number of H-pyrrole nitrogens is 1. The van der Waals surface area contributed by atoms with Crippen molar-refractivity contribution in [2.75, 3.05) is 31.1 Å². The Morgan fingerprint density at radius 1 is 1.29 bits per heavy atom. The number of nitrogens with one attached hydrogen (secondary N) is 1. The first-order valence-corrected chi connectivity index (χ1v) is 9.51. The van der Waals surface area contributed by atoms with E-state index in [1.807, 2.05) is 29.4 Å². The highest BCUT2D eigenvalue weighted by Gasteiger charge is 2.49. The molecule has 0 unspecified atom stereocenters. The molecule has 2 aromatic heterocycles. The number of rotatable bonds is 3. The van der Waals surface area contributed by atoms with E-state index < -0.39 is 0 Å². The number of hydrogen-bond donors (Lipinski definition) is 1. The maximum absolute atomic E-state index is 11.8. The lowest BCUT2D eigenvalue weighted by molar-refractivity contribution is -0.136. The van der Waals surface area contributed by atoms with Gasteiger partial charge in [-0.3, -0.25) is 9.89 Å². The third-order valence-corrected chi connectivity index (χ3v) is 5.99.